The van der Waals surface area contributed by atoms with Gasteiger partial charge in [0, 0.05) is 6.54 Å². The van der Waals surface area contributed by atoms with E-state index >= 15 is 0 Å². The highest BCUT2D eigenvalue weighted by Gasteiger charge is 2.19. The van der Waals surface area contributed by atoms with Crippen LogP contribution in [0.3, 0.4) is 0 Å². The molecule has 110 valence electrons. The summed E-state index contributed by atoms with van der Waals surface area (Å²) in [5.74, 6) is 2.01. The number of nitrogens with one attached hydrogen (secondary N) is 1. The summed E-state index contributed by atoms with van der Waals surface area (Å²) in [5.41, 5.74) is 1.88. The van der Waals surface area contributed by atoms with E-state index in [0.717, 1.165) is 15.7 Å². The summed E-state index contributed by atoms with van der Waals surface area (Å²) in [6.07, 6.45) is 1.68. The summed E-state index contributed by atoms with van der Waals surface area (Å²) in [4.78, 5) is 4.07. The zero-order valence-corrected chi connectivity index (χ0v) is 13.5. The summed E-state index contributed by atoms with van der Waals surface area (Å²) < 4.78 is 16.8. The topological polar surface area (TPSA) is 52.6 Å². The highest BCUT2D eigenvalue weighted by atomic mass is 79.9. The molecular weight excluding hydrogens is 360 g/mol. The van der Waals surface area contributed by atoms with E-state index in [4.69, 9.17) is 25.8 Å². The van der Waals surface area contributed by atoms with Gasteiger partial charge < -0.3 is 19.5 Å². The lowest BCUT2D eigenvalue weighted by Crippen LogP contribution is -2.00. The fourth-order valence-electron chi connectivity index (χ4n) is 2.01. The first-order chi connectivity index (χ1) is 10.2. The van der Waals surface area contributed by atoms with Crippen LogP contribution in [0, 0.1) is 0 Å². The van der Waals surface area contributed by atoms with Gasteiger partial charge in [0.15, 0.2) is 11.5 Å². The fraction of sp³-hybridized carbons (Fsp3) is 0.214. The van der Waals surface area contributed by atoms with Crippen LogP contribution in [0.2, 0.25) is 5.15 Å². The van der Waals surface area contributed by atoms with Crippen molar-refractivity contribution in [1.82, 2.24) is 4.98 Å². The minimum absolute atomic E-state index is 0.219. The predicted molar refractivity (Wildman–Crippen MR) is 83.4 cm³/mol. The maximum absolute atomic E-state index is 5.87. The number of methoxy groups -OCH3 is 1. The second-order valence-corrected chi connectivity index (χ2v) is 5.59. The van der Waals surface area contributed by atoms with Crippen LogP contribution >= 0.6 is 27.5 Å². The first kappa shape index (κ1) is 14.3. The Morgan fingerprint density at radius 1 is 1.38 bits per heavy atom. The number of ether oxygens (including phenoxy) is 3. The molecule has 0 aliphatic carbocycles. The van der Waals surface area contributed by atoms with Crippen molar-refractivity contribution in [3.05, 3.63) is 39.6 Å². The average molecular weight is 372 g/mol. The number of benzene rings is 1. The van der Waals surface area contributed by atoms with Crippen LogP contribution < -0.4 is 19.5 Å². The molecule has 7 heteroatoms. The zero-order valence-electron chi connectivity index (χ0n) is 11.2. The van der Waals surface area contributed by atoms with Gasteiger partial charge in [0.1, 0.15) is 5.15 Å². The third-order valence-corrected chi connectivity index (χ3v) is 4.15. The van der Waals surface area contributed by atoms with Crippen molar-refractivity contribution in [2.45, 2.75) is 6.54 Å². The third kappa shape index (κ3) is 3.01. The standard InChI is InChI=1S/C14H12BrClN2O3/c1-19-11-2-8(3-12-13(11)21-7-20-12)5-17-9-4-10(15)14(16)18-6-9/h2-4,6,17H,5,7H2,1H3. The third-order valence-electron chi connectivity index (χ3n) is 3.01. The van der Waals surface area contributed by atoms with Crippen LogP contribution in [0.5, 0.6) is 17.2 Å². The van der Waals surface area contributed by atoms with Gasteiger partial charge in [-0.15, -0.1) is 0 Å². The van der Waals surface area contributed by atoms with E-state index in [1.165, 1.54) is 0 Å². The van der Waals surface area contributed by atoms with E-state index in [1.807, 2.05) is 18.2 Å². The molecule has 3 rings (SSSR count). The lowest BCUT2D eigenvalue weighted by Gasteiger charge is -2.10. The van der Waals surface area contributed by atoms with Gasteiger partial charge in [-0.1, -0.05) is 11.6 Å². The van der Waals surface area contributed by atoms with Gasteiger partial charge in [0.2, 0.25) is 12.5 Å². The Kier molecular flexibility index (Phi) is 4.07. The highest BCUT2D eigenvalue weighted by Crippen LogP contribution is 2.41. The van der Waals surface area contributed by atoms with E-state index in [2.05, 4.69) is 26.2 Å². The number of rotatable bonds is 4. The molecule has 0 spiro atoms. The molecule has 0 unspecified atom stereocenters. The summed E-state index contributed by atoms with van der Waals surface area (Å²) in [6, 6.07) is 5.72. The fourth-order valence-corrected chi connectivity index (χ4v) is 2.46. The predicted octanol–water partition coefficient (Wildman–Crippen LogP) is 3.85. The Morgan fingerprint density at radius 2 is 2.24 bits per heavy atom. The number of halogens is 2. The van der Waals surface area contributed by atoms with E-state index < -0.39 is 0 Å². The molecule has 0 saturated heterocycles. The molecule has 1 aliphatic rings. The van der Waals surface area contributed by atoms with Crippen molar-refractivity contribution in [1.29, 1.82) is 0 Å². The summed E-state index contributed by atoms with van der Waals surface area (Å²) >= 11 is 9.21. The SMILES string of the molecule is COc1cc(CNc2cnc(Cl)c(Br)c2)cc2c1OCO2. The smallest absolute Gasteiger partial charge is 0.231 e. The molecule has 21 heavy (non-hydrogen) atoms. The highest BCUT2D eigenvalue weighted by molar-refractivity contribution is 9.10. The van der Waals surface area contributed by atoms with Crippen molar-refractivity contribution in [2.24, 2.45) is 0 Å². The van der Waals surface area contributed by atoms with Crippen LogP contribution in [-0.2, 0) is 6.54 Å². The van der Waals surface area contributed by atoms with Gasteiger partial charge in [-0.3, -0.25) is 0 Å². The minimum Gasteiger partial charge on any atom is -0.493 e. The van der Waals surface area contributed by atoms with Crippen LogP contribution in [0.1, 0.15) is 5.56 Å². The number of hydrogen-bond acceptors (Lipinski definition) is 5. The maximum Gasteiger partial charge on any atom is 0.231 e. The van der Waals surface area contributed by atoms with Crippen molar-refractivity contribution in [3.8, 4) is 17.2 Å². The molecule has 1 aromatic carbocycles. The molecule has 1 aromatic heterocycles. The first-order valence-electron chi connectivity index (χ1n) is 6.19. The number of anilines is 1. The molecule has 0 saturated carbocycles. The number of hydrogen-bond donors (Lipinski definition) is 1. The van der Waals surface area contributed by atoms with Crippen LogP contribution in [0.15, 0.2) is 28.9 Å². The quantitative estimate of drug-likeness (QED) is 0.828. The molecule has 0 fully saturated rings. The second kappa shape index (κ2) is 5.99. The van der Waals surface area contributed by atoms with Gasteiger partial charge in [-0.2, -0.15) is 0 Å². The normalized spacial score (nSPS) is 12.3. The Morgan fingerprint density at radius 3 is 3.00 bits per heavy atom. The molecule has 0 bridgehead atoms. The Hall–Kier alpha value is -1.66. The lowest BCUT2D eigenvalue weighted by molar-refractivity contribution is 0.171. The van der Waals surface area contributed by atoms with Gasteiger partial charge in [0.25, 0.3) is 0 Å². The maximum atomic E-state index is 5.87. The van der Waals surface area contributed by atoms with E-state index in [9.17, 15) is 0 Å². The van der Waals surface area contributed by atoms with Gasteiger partial charge >= 0.3 is 0 Å². The number of pyridine rings is 1. The van der Waals surface area contributed by atoms with Crippen LogP contribution in [0.4, 0.5) is 5.69 Å². The monoisotopic (exact) mass is 370 g/mol. The molecule has 2 heterocycles. The molecule has 0 amide bonds. The van der Waals surface area contributed by atoms with Crippen LogP contribution in [-0.4, -0.2) is 18.9 Å². The molecule has 5 nitrogen and oxygen atoms in total. The molecular formula is C14H12BrClN2O3. The van der Waals surface area contributed by atoms with Crippen molar-refractivity contribution >= 4 is 33.2 Å². The van der Waals surface area contributed by atoms with Gasteiger partial charge in [0.05, 0.1) is 23.5 Å². The summed E-state index contributed by atoms with van der Waals surface area (Å²) in [7, 11) is 1.61. The van der Waals surface area contributed by atoms with E-state index in [1.54, 1.807) is 13.3 Å². The average Bonchev–Trinajstić information content (AvgIpc) is 2.96. The summed E-state index contributed by atoms with van der Waals surface area (Å²) in [6.45, 7) is 0.819. The van der Waals surface area contributed by atoms with Gasteiger partial charge in [-0.05, 0) is 39.7 Å². The lowest BCUT2D eigenvalue weighted by atomic mass is 10.2. The Bertz CT molecular complexity index is 682. The molecule has 0 atom stereocenters. The number of fused-ring (bicyclic) bond motifs is 1. The first-order valence-corrected chi connectivity index (χ1v) is 7.36. The van der Waals surface area contributed by atoms with Crippen LogP contribution in [0.25, 0.3) is 0 Å². The minimum atomic E-state index is 0.219. The molecule has 0 radical (unpaired) electrons. The van der Waals surface area contributed by atoms with Crippen molar-refractivity contribution in [3.63, 3.8) is 0 Å². The zero-order chi connectivity index (χ0) is 14.8. The Labute approximate surface area is 135 Å². The molecule has 1 aliphatic heterocycles. The van der Waals surface area contributed by atoms with E-state index in [0.29, 0.717) is 28.9 Å². The van der Waals surface area contributed by atoms with Crippen molar-refractivity contribution in [2.75, 3.05) is 19.2 Å². The second-order valence-electron chi connectivity index (χ2n) is 4.38. The van der Waals surface area contributed by atoms with E-state index in [-0.39, 0.29) is 6.79 Å². The largest absolute Gasteiger partial charge is 0.493 e. The number of nitrogens with zero attached hydrogens (tertiary/aromatic N) is 1. The molecule has 2 aromatic rings. The van der Waals surface area contributed by atoms with Crippen molar-refractivity contribution < 1.29 is 14.2 Å². The summed E-state index contributed by atoms with van der Waals surface area (Å²) in [5, 5.41) is 3.70. The molecule has 1 N–H and O–H groups in total. The Balaban J connectivity index is 1.77. The number of aromatic nitrogens is 1. The van der Waals surface area contributed by atoms with Gasteiger partial charge in [-0.25, -0.2) is 4.98 Å².